The first-order valence-corrected chi connectivity index (χ1v) is 6.01. The lowest BCUT2D eigenvalue weighted by Crippen LogP contribution is -2.21. The summed E-state index contributed by atoms with van der Waals surface area (Å²) in [5, 5.41) is 18.5. The van der Waals surface area contributed by atoms with Crippen LogP contribution in [0.4, 0.5) is 0 Å². The lowest BCUT2D eigenvalue weighted by molar-refractivity contribution is 0.174. The minimum absolute atomic E-state index is 0.201. The third kappa shape index (κ3) is 2.82. The molecule has 0 radical (unpaired) electrons. The number of pyridine rings is 1. The summed E-state index contributed by atoms with van der Waals surface area (Å²) in [6.07, 6.45) is 3.26. The molecule has 1 saturated heterocycles. The lowest BCUT2D eigenvalue weighted by atomic mass is 10.1. The number of aryl methyl sites for hydroxylation is 1. The van der Waals surface area contributed by atoms with Gasteiger partial charge in [0.25, 0.3) is 0 Å². The summed E-state index contributed by atoms with van der Waals surface area (Å²) in [7, 11) is 0. The number of aliphatic hydroxyl groups is 1. The largest absolute Gasteiger partial charge is 0.392 e. The molecule has 1 aromatic rings. The molecule has 2 heterocycles. The van der Waals surface area contributed by atoms with Crippen molar-refractivity contribution in [1.29, 1.82) is 5.26 Å². The molecule has 0 aromatic carbocycles. The van der Waals surface area contributed by atoms with Gasteiger partial charge in [-0.3, -0.25) is 9.88 Å². The van der Waals surface area contributed by atoms with Crippen LogP contribution in [0.5, 0.6) is 0 Å². The topological polar surface area (TPSA) is 60.1 Å². The number of aliphatic hydroxyl groups excluding tert-OH is 1. The first-order chi connectivity index (χ1) is 8.22. The highest BCUT2D eigenvalue weighted by molar-refractivity contribution is 5.35. The van der Waals surface area contributed by atoms with Gasteiger partial charge in [-0.1, -0.05) is 6.92 Å². The van der Waals surface area contributed by atoms with E-state index in [1.54, 1.807) is 0 Å². The molecule has 1 aromatic heterocycles. The Hall–Kier alpha value is -1.44. The molecule has 0 unspecified atom stereocenters. The van der Waals surface area contributed by atoms with Crippen molar-refractivity contribution in [2.24, 2.45) is 0 Å². The Morgan fingerprint density at radius 3 is 3.06 bits per heavy atom. The summed E-state index contributed by atoms with van der Waals surface area (Å²) in [5.41, 5.74) is 2.58. The highest BCUT2D eigenvalue weighted by atomic mass is 16.3. The number of hydrogen-bond donors (Lipinski definition) is 1. The molecule has 0 bridgehead atoms. The summed E-state index contributed by atoms with van der Waals surface area (Å²) in [4.78, 5) is 6.51. The smallest absolute Gasteiger partial charge is 0.101 e. The van der Waals surface area contributed by atoms with E-state index in [2.05, 4.69) is 16.0 Å². The van der Waals surface area contributed by atoms with Crippen molar-refractivity contribution in [3.8, 4) is 6.07 Å². The van der Waals surface area contributed by atoms with Gasteiger partial charge in [0.05, 0.1) is 17.4 Å². The average molecular weight is 231 g/mol. The second-order valence-electron chi connectivity index (χ2n) is 4.48. The van der Waals surface area contributed by atoms with Crippen molar-refractivity contribution in [3.05, 3.63) is 29.1 Å². The monoisotopic (exact) mass is 231 g/mol. The third-order valence-corrected chi connectivity index (χ3v) is 3.14. The molecule has 2 rings (SSSR count). The van der Waals surface area contributed by atoms with E-state index in [4.69, 9.17) is 5.26 Å². The van der Waals surface area contributed by atoms with Gasteiger partial charge in [0.1, 0.15) is 6.07 Å². The Kier molecular flexibility index (Phi) is 3.72. The van der Waals surface area contributed by atoms with Crippen LogP contribution in [0.1, 0.15) is 30.2 Å². The molecule has 0 spiro atoms. The molecule has 1 atom stereocenters. The minimum Gasteiger partial charge on any atom is -0.392 e. The van der Waals surface area contributed by atoms with Gasteiger partial charge < -0.3 is 5.11 Å². The molecule has 1 aliphatic heterocycles. The predicted molar refractivity (Wildman–Crippen MR) is 64.2 cm³/mol. The van der Waals surface area contributed by atoms with Gasteiger partial charge in [-0.15, -0.1) is 0 Å². The number of nitriles is 1. The molecule has 90 valence electrons. The minimum atomic E-state index is -0.201. The lowest BCUT2D eigenvalue weighted by Gasteiger charge is -2.15. The van der Waals surface area contributed by atoms with Crippen LogP contribution >= 0.6 is 0 Å². The van der Waals surface area contributed by atoms with E-state index < -0.39 is 0 Å². The molecule has 1 fully saturated rings. The maximum atomic E-state index is 9.45. The summed E-state index contributed by atoms with van der Waals surface area (Å²) >= 11 is 0. The molecule has 0 aliphatic carbocycles. The van der Waals surface area contributed by atoms with Crippen LogP contribution in [0, 0.1) is 11.3 Å². The highest BCUT2D eigenvalue weighted by Crippen LogP contribution is 2.15. The van der Waals surface area contributed by atoms with Crippen LogP contribution in [0.15, 0.2) is 12.3 Å². The van der Waals surface area contributed by atoms with Crippen LogP contribution < -0.4 is 0 Å². The van der Waals surface area contributed by atoms with E-state index in [0.717, 1.165) is 43.7 Å². The molecule has 4 heteroatoms. The second kappa shape index (κ2) is 5.26. The zero-order valence-corrected chi connectivity index (χ0v) is 10.1. The number of rotatable bonds is 3. The fourth-order valence-electron chi connectivity index (χ4n) is 2.22. The number of likely N-dealkylation sites (tertiary alicyclic amines) is 1. The molecule has 0 saturated carbocycles. The van der Waals surface area contributed by atoms with E-state index >= 15 is 0 Å². The summed E-state index contributed by atoms with van der Waals surface area (Å²) in [6, 6.07) is 4.10. The van der Waals surface area contributed by atoms with Gasteiger partial charge in [0.2, 0.25) is 0 Å². The van der Waals surface area contributed by atoms with Crippen molar-refractivity contribution in [2.45, 2.75) is 32.4 Å². The van der Waals surface area contributed by atoms with Crippen LogP contribution in [0.3, 0.4) is 0 Å². The Morgan fingerprint density at radius 2 is 2.47 bits per heavy atom. The first kappa shape index (κ1) is 12.0. The van der Waals surface area contributed by atoms with Gasteiger partial charge >= 0.3 is 0 Å². The summed E-state index contributed by atoms with van der Waals surface area (Å²) in [5.74, 6) is 0. The van der Waals surface area contributed by atoms with Gasteiger partial charge in [-0.25, -0.2) is 0 Å². The van der Waals surface area contributed by atoms with Crippen LogP contribution in [0.25, 0.3) is 0 Å². The van der Waals surface area contributed by atoms with Crippen molar-refractivity contribution in [2.75, 3.05) is 13.1 Å². The zero-order valence-electron chi connectivity index (χ0n) is 10.1. The van der Waals surface area contributed by atoms with Crippen molar-refractivity contribution in [1.82, 2.24) is 9.88 Å². The van der Waals surface area contributed by atoms with E-state index in [-0.39, 0.29) is 6.10 Å². The van der Waals surface area contributed by atoms with Crippen LogP contribution in [0.2, 0.25) is 0 Å². The third-order valence-electron chi connectivity index (χ3n) is 3.14. The van der Waals surface area contributed by atoms with Gasteiger partial charge in [-0.05, 0) is 24.5 Å². The maximum Gasteiger partial charge on any atom is 0.101 e. The highest BCUT2D eigenvalue weighted by Gasteiger charge is 2.20. The summed E-state index contributed by atoms with van der Waals surface area (Å²) < 4.78 is 0. The van der Waals surface area contributed by atoms with E-state index in [0.29, 0.717) is 5.56 Å². The van der Waals surface area contributed by atoms with E-state index in [1.807, 2.05) is 19.2 Å². The number of hydrogen-bond acceptors (Lipinski definition) is 4. The molecule has 1 N–H and O–H groups in total. The zero-order chi connectivity index (χ0) is 12.3. The number of nitrogens with zero attached hydrogens (tertiary/aromatic N) is 3. The molecule has 17 heavy (non-hydrogen) atoms. The number of aromatic nitrogens is 1. The predicted octanol–water partition coefficient (Wildman–Crippen LogP) is 1.08. The van der Waals surface area contributed by atoms with Crippen LogP contribution in [-0.4, -0.2) is 34.2 Å². The summed E-state index contributed by atoms with van der Waals surface area (Å²) in [6.45, 7) is 4.40. The Morgan fingerprint density at radius 1 is 1.65 bits per heavy atom. The fraction of sp³-hybridized carbons (Fsp3) is 0.538. The van der Waals surface area contributed by atoms with Crippen molar-refractivity contribution < 1.29 is 5.11 Å². The van der Waals surface area contributed by atoms with Gasteiger partial charge in [0, 0.05) is 25.8 Å². The Balaban J connectivity index is 2.09. The molecule has 4 nitrogen and oxygen atoms in total. The molecule has 0 amide bonds. The average Bonchev–Trinajstić information content (AvgIpc) is 2.74. The SMILES string of the molecule is CCc1ncc(CN2CC[C@@H](O)C2)cc1C#N. The quantitative estimate of drug-likeness (QED) is 0.845. The standard InChI is InChI=1S/C13H17N3O/c1-2-13-11(6-14)5-10(7-15-13)8-16-4-3-12(17)9-16/h5,7,12,17H,2-4,8-9H2,1H3/t12-/m1/s1. The molecule has 1 aliphatic rings. The number of β-amino-alcohol motifs (C(OH)–C–C–N with tert-alkyl or cyclic N) is 1. The Labute approximate surface area is 102 Å². The second-order valence-corrected chi connectivity index (χ2v) is 4.48. The maximum absolute atomic E-state index is 9.45. The normalized spacial score (nSPS) is 20.4. The van der Waals surface area contributed by atoms with Crippen LogP contribution in [-0.2, 0) is 13.0 Å². The van der Waals surface area contributed by atoms with E-state index in [1.165, 1.54) is 0 Å². The molecular formula is C13H17N3O. The first-order valence-electron chi connectivity index (χ1n) is 6.01. The van der Waals surface area contributed by atoms with Crippen molar-refractivity contribution >= 4 is 0 Å². The fourth-order valence-corrected chi connectivity index (χ4v) is 2.22. The van der Waals surface area contributed by atoms with Gasteiger partial charge in [-0.2, -0.15) is 5.26 Å². The Bertz CT molecular complexity index is 439. The van der Waals surface area contributed by atoms with E-state index in [9.17, 15) is 5.11 Å². The van der Waals surface area contributed by atoms with Crippen molar-refractivity contribution in [3.63, 3.8) is 0 Å². The molecular weight excluding hydrogens is 214 g/mol. The van der Waals surface area contributed by atoms with Gasteiger partial charge in [0.15, 0.2) is 0 Å².